The lowest BCUT2D eigenvalue weighted by molar-refractivity contribution is 0.308. The van der Waals surface area contributed by atoms with Crippen molar-refractivity contribution in [2.45, 2.75) is 70.8 Å². The van der Waals surface area contributed by atoms with Crippen molar-refractivity contribution in [3.8, 4) is 0 Å². The molecular formula is C17H29NO. The van der Waals surface area contributed by atoms with Gasteiger partial charge in [-0.2, -0.15) is 0 Å². The summed E-state index contributed by atoms with van der Waals surface area (Å²) in [5, 5.41) is 3.69. The third-order valence-corrected chi connectivity index (χ3v) is 4.36. The number of rotatable bonds is 8. The smallest absolute Gasteiger partial charge is 0.105 e. The molecular weight excluding hydrogens is 234 g/mol. The zero-order valence-electron chi connectivity index (χ0n) is 12.4. The summed E-state index contributed by atoms with van der Waals surface area (Å²) in [7, 11) is 0. The molecule has 0 aliphatic heterocycles. The summed E-state index contributed by atoms with van der Waals surface area (Å²) >= 11 is 0. The Labute approximate surface area is 118 Å². The first-order valence-corrected chi connectivity index (χ1v) is 8.14. The SMILES string of the molecule is CCCNC(CCC1CCCCC1)Cc1ccco1. The van der Waals surface area contributed by atoms with Gasteiger partial charge < -0.3 is 9.73 Å². The minimum Gasteiger partial charge on any atom is -0.469 e. The average molecular weight is 263 g/mol. The fourth-order valence-electron chi connectivity index (χ4n) is 3.21. The standard InChI is InChI=1S/C17H29NO/c1-2-12-18-16(14-17-9-6-13-19-17)11-10-15-7-4-3-5-8-15/h6,9,13,15-16,18H,2-5,7-8,10-12,14H2,1H3. The van der Waals surface area contributed by atoms with E-state index in [0.29, 0.717) is 6.04 Å². The normalized spacial score (nSPS) is 18.6. The van der Waals surface area contributed by atoms with Gasteiger partial charge in [0, 0.05) is 12.5 Å². The molecule has 1 aromatic heterocycles. The van der Waals surface area contributed by atoms with Gasteiger partial charge in [0.25, 0.3) is 0 Å². The van der Waals surface area contributed by atoms with Gasteiger partial charge >= 0.3 is 0 Å². The Kier molecular flexibility index (Phi) is 6.49. The molecule has 2 nitrogen and oxygen atoms in total. The van der Waals surface area contributed by atoms with E-state index in [-0.39, 0.29) is 0 Å². The highest BCUT2D eigenvalue weighted by molar-refractivity contribution is 5.00. The molecule has 1 atom stereocenters. The van der Waals surface area contributed by atoms with Gasteiger partial charge in [-0.05, 0) is 43.9 Å². The van der Waals surface area contributed by atoms with E-state index in [1.165, 1.54) is 51.4 Å². The number of hydrogen-bond donors (Lipinski definition) is 1. The summed E-state index contributed by atoms with van der Waals surface area (Å²) in [5.74, 6) is 2.11. The van der Waals surface area contributed by atoms with Crippen molar-refractivity contribution < 1.29 is 4.42 Å². The van der Waals surface area contributed by atoms with Crippen molar-refractivity contribution in [1.82, 2.24) is 5.32 Å². The molecule has 0 amide bonds. The molecule has 1 heterocycles. The lowest BCUT2D eigenvalue weighted by Crippen LogP contribution is -2.32. The molecule has 0 saturated heterocycles. The Balaban J connectivity index is 1.75. The summed E-state index contributed by atoms with van der Waals surface area (Å²) in [5.41, 5.74) is 0. The maximum absolute atomic E-state index is 5.50. The lowest BCUT2D eigenvalue weighted by atomic mass is 9.85. The highest BCUT2D eigenvalue weighted by Gasteiger charge is 2.17. The van der Waals surface area contributed by atoms with E-state index in [4.69, 9.17) is 4.42 Å². The van der Waals surface area contributed by atoms with Crippen molar-refractivity contribution in [2.24, 2.45) is 5.92 Å². The molecule has 1 fully saturated rings. The first-order valence-electron chi connectivity index (χ1n) is 8.14. The molecule has 1 aliphatic carbocycles. The average Bonchev–Trinajstić information content (AvgIpc) is 2.96. The van der Waals surface area contributed by atoms with Crippen molar-refractivity contribution in [3.05, 3.63) is 24.2 Å². The van der Waals surface area contributed by atoms with Crippen LogP contribution >= 0.6 is 0 Å². The fraction of sp³-hybridized carbons (Fsp3) is 0.765. The molecule has 0 aromatic carbocycles. The van der Waals surface area contributed by atoms with Gasteiger partial charge in [0.15, 0.2) is 0 Å². The van der Waals surface area contributed by atoms with Crippen LogP contribution in [-0.4, -0.2) is 12.6 Å². The van der Waals surface area contributed by atoms with Gasteiger partial charge in [-0.1, -0.05) is 39.0 Å². The molecule has 2 rings (SSSR count). The van der Waals surface area contributed by atoms with Gasteiger partial charge in [0.05, 0.1) is 6.26 Å². The molecule has 1 aromatic rings. The second kappa shape index (κ2) is 8.42. The highest BCUT2D eigenvalue weighted by Crippen LogP contribution is 2.28. The summed E-state index contributed by atoms with van der Waals surface area (Å²) < 4.78 is 5.50. The van der Waals surface area contributed by atoms with Crippen LogP contribution in [0.4, 0.5) is 0 Å². The van der Waals surface area contributed by atoms with Crippen LogP contribution in [0.25, 0.3) is 0 Å². The van der Waals surface area contributed by atoms with Crippen molar-refractivity contribution >= 4 is 0 Å². The van der Waals surface area contributed by atoms with E-state index < -0.39 is 0 Å². The second-order valence-electron chi connectivity index (χ2n) is 6.02. The summed E-state index contributed by atoms with van der Waals surface area (Å²) in [6.45, 7) is 3.36. The van der Waals surface area contributed by atoms with E-state index in [0.717, 1.165) is 24.6 Å². The Bertz CT molecular complexity index is 314. The Morgan fingerprint density at radius 1 is 1.32 bits per heavy atom. The third kappa shape index (κ3) is 5.40. The lowest BCUT2D eigenvalue weighted by Gasteiger charge is -2.24. The van der Waals surface area contributed by atoms with E-state index in [1.807, 2.05) is 6.07 Å². The van der Waals surface area contributed by atoms with Crippen LogP contribution in [0, 0.1) is 5.92 Å². The molecule has 1 N–H and O–H groups in total. The summed E-state index contributed by atoms with van der Waals surface area (Å²) in [6.07, 6.45) is 14.0. The van der Waals surface area contributed by atoms with Crippen LogP contribution in [0.1, 0.15) is 64.1 Å². The molecule has 108 valence electrons. The minimum absolute atomic E-state index is 0.591. The topological polar surface area (TPSA) is 25.2 Å². The van der Waals surface area contributed by atoms with Crippen LogP contribution in [0.3, 0.4) is 0 Å². The maximum atomic E-state index is 5.50. The van der Waals surface area contributed by atoms with Crippen LogP contribution in [0.5, 0.6) is 0 Å². The van der Waals surface area contributed by atoms with Crippen LogP contribution in [-0.2, 0) is 6.42 Å². The maximum Gasteiger partial charge on any atom is 0.105 e. The van der Waals surface area contributed by atoms with Gasteiger partial charge in [-0.3, -0.25) is 0 Å². The Hall–Kier alpha value is -0.760. The van der Waals surface area contributed by atoms with Gasteiger partial charge in [-0.15, -0.1) is 0 Å². The van der Waals surface area contributed by atoms with Crippen molar-refractivity contribution in [2.75, 3.05) is 6.54 Å². The van der Waals surface area contributed by atoms with E-state index in [1.54, 1.807) is 6.26 Å². The van der Waals surface area contributed by atoms with Crippen molar-refractivity contribution in [1.29, 1.82) is 0 Å². The zero-order valence-corrected chi connectivity index (χ0v) is 12.4. The minimum atomic E-state index is 0.591. The molecule has 0 spiro atoms. The largest absolute Gasteiger partial charge is 0.469 e. The fourth-order valence-corrected chi connectivity index (χ4v) is 3.21. The highest BCUT2D eigenvalue weighted by atomic mass is 16.3. The summed E-state index contributed by atoms with van der Waals surface area (Å²) in [4.78, 5) is 0. The van der Waals surface area contributed by atoms with Crippen LogP contribution in [0.15, 0.2) is 22.8 Å². The first kappa shape index (κ1) is 14.6. The number of nitrogens with one attached hydrogen (secondary N) is 1. The van der Waals surface area contributed by atoms with Gasteiger partial charge in [0.2, 0.25) is 0 Å². The second-order valence-corrected chi connectivity index (χ2v) is 6.02. The van der Waals surface area contributed by atoms with Crippen molar-refractivity contribution in [3.63, 3.8) is 0 Å². The van der Waals surface area contributed by atoms with Gasteiger partial charge in [0.1, 0.15) is 5.76 Å². The monoisotopic (exact) mass is 263 g/mol. The molecule has 0 bridgehead atoms. The predicted octanol–water partition coefficient (Wildman–Crippen LogP) is 4.55. The van der Waals surface area contributed by atoms with Gasteiger partial charge in [-0.25, -0.2) is 0 Å². The van der Waals surface area contributed by atoms with Crippen LogP contribution in [0.2, 0.25) is 0 Å². The molecule has 2 heteroatoms. The third-order valence-electron chi connectivity index (χ3n) is 4.36. The quantitative estimate of drug-likeness (QED) is 0.744. The van der Waals surface area contributed by atoms with E-state index >= 15 is 0 Å². The molecule has 1 aliphatic rings. The Morgan fingerprint density at radius 3 is 2.84 bits per heavy atom. The number of hydrogen-bond acceptors (Lipinski definition) is 2. The predicted molar refractivity (Wildman–Crippen MR) is 80.3 cm³/mol. The van der Waals surface area contributed by atoms with Crippen LogP contribution < -0.4 is 5.32 Å². The number of furan rings is 1. The zero-order chi connectivity index (χ0) is 13.3. The molecule has 1 unspecified atom stereocenters. The summed E-state index contributed by atoms with van der Waals surface area (Å²) in [6, 6.07) is 4.68. The Morgan fingerprint density at radius 2 is 2.16 bits per heavy atom. The van der Waals surface area contributed by atoms with E-state index in [9.17, 15) is 0 Å². The molecule has 1 saturated carbocycles. The first-order chi connectivity index (χ1) is 9.38. The molecule has 19 heavy (non-hydrogen) atoms. The van der Waals surface area contributed by atoms with E-state index in [2.05, 4.69) is 18.3 Å². The molecule has 0 radical (unpaired) electrons.